The van der Waals surface area contributed by atoms with Gasteiger partial charge >= 0.3 is 0 Å². The molecule has 12 nitrogen and oxygen atoms in total. The topological polar surface area (TPSA) is 160 Å². The summed E-state index contributed by atoms with van der Waals surface area (Å²) in [5.74, 6) is 0.353. The maximum Gasteiger partial charge on any atom is 0.255 e. The van der Waals surface area contributed by atoms with Crippen LogP contribution in [0.2, 0.25) is 0 Å². The number of carbonyl (C=O) groups is 1. The summed E-state index contributed by atoms with van der Waals surface area (Å²) in [6.45, 7) is 15.2. The van der Waals surface area contributed by atoms with Crippen LogP contribution >= 0.6 is 0 Å². The van der Waals surface area contributed by atoms with Crippen LogP contribution in [0.5, 0.6) is 5.75 Å². The number of rotatable bonds is 12. The Labute approximate surface area is 290 Å². The predicted molar refractivity (Wildman–Crippen MR) is 199 cm³/mol. The Kier molecular flexibility index (Phi) is 12.1. The van der Waals surface area contributed by atoms with Gasteiger partial charge in [0.05, 0.1) is 37.1 Å². The van der Waals surface area contributed by atoms with E-state index in [9.17, 15) is 13.2 Å². The highest BCUT2D eigenvalue weighted by atomic mass is 32.2. The third-order valence-electron chi connectivity index (χ3n) is 8.47. The van der Waals surface area contributed by atoms with Crippen molar-refractivity contribution in [3.05, 3.63) is 83.5 Å². The first-order valence-electron chi connectivity index (χ1n) is 16.2. The number of allylic oxidation sites excluding steroid dienone is 2. The lowest BCUT2D eigenvalue weighted by Crippen LogP contribution is -2.38. The predicted octanol–water partition coefficient (Wildman–Crippen LogP) is 5.42. The van der Waals surface area contributed by atoms with Crippen molar-refractivity contribution in [2.75, 3.05) is 62.1 Å². The fraction of sp³-hybridized carbons (Fsp3) is 0.417. The molecule has 5 N–H and O–H groups in total. The molecule has 2 heterocycles. The Bertz CT molecular complexity index is 1800. The molecule has 2 aliphatic rings. The molecule has 2 aromatic carbocycles. The van der Waals surface area contributed by atoms with Gasteiger partial charge in [0.15, 0.2) is 5.75 Å². The van der Waals surface area contributed by atoms with Gasteiger partial charge in [-0.05, 0) is 85.8 Å². The fourth-order valence-corrected chi connectivity index (χ4v) is 6.27. The number of dihydropyridines is 1. The zero-order chi connectivity index (χ0) is 35.9. The molecule has 0 aromatic heterocycles. The zero-order valence-corrected chi connectivity index (χ0v) is 30.3. The monoisotopic (exact) mass is 691 g/mol. The number of benzene rings is 2. The van der Waals surface area contributed by atoms with E-state index in [2.05, 4.69) is 31.8 Å². The number of hydrogen-bond acceptors (Lipinski definition) is 10. The molecule has 0 unspecified atom stereocenters. The lowest BCUT2D eigenvalue weighted by molar-refractivity contribution is 0.102. The summed E-state index contributed by atoms with van der Waals surface area (Å²) in [5, 5.41) is 6.18. The van der Waals surface area contributed by atoms with Gasteiger partial charge in [-0.15, -0.1) is 0 Å². The van der Waals surface area contributed by atoms with Gasteiger partial charge in [-0.3, -0.25) is 14.5 Å². The fourth-order valence-electron chi connectivity index (χ4n) is 5.71. The normalized spacial score (nSPS) is 17.8. The second-order valence-electron chi connectivity index (χ2n) is 13.3. The van der Waals surface area contributed by atoms with Gasteiger partial charge in [0.1, 0.15) is 11.5 Å². The Morgan fingerprint density at radius 1 is 1.10 bits per heavy atom. The minimum absolute atomic E-state index is 0.194. The van der Waals surface area contributed by atoms with E-state index >= 15 is 0 Å². The van der Waals surface area contributed by atoms with Gasteiger partial charge < -0.3 is 30.7 Å². The van der Waals surface area contributed by atoms with Crippen LogP contribution in [0.15, 0.2) is 76.8 Å². The number of piperidine rings is 1. The van der Waals surface area contributed by atoms with E-state index in [0.29, 0.717) is 40.9 Å². The molecule has 2 aliphatic heterocycles. The summed E-state index contributed by atoms with van der Waals surface area (Å²) in [6, 6.07) is 8.73. The number of aliphatic imine (C=N–C) groups is 2. The first-order chi connectivity index (χ1) is 23.1. The molecule has 1 fully saturated rings. The number of aryl methyl sites for hydroxylation is 1. The Morgan fingerprint density at radius 2 is 1.80 bits per heavy atom. The molecule has 1 saturated heterocycles. The van der Waals surface area contributed by atoms with Gasteiger partial charge in [0.25, 0.3) is 5.91 Å². The van der Waals surface area contributed by atoms with E-state index < -0.39 is 15.9 Å². The van der Waals surface area contributed by atoms with Crippen LogP contribution in [0.25, 0.3) is 0 Å². The first kappa shape index (κ1) is 37.4. The van der Waals surface area contributed by atoms with Crippen LogP contribution in [-0.2, 0) is 20.2 Å². The zero-order valence-electron chi connectivity index (χ0n) is 29.5. The highest BCUT2D eigenvalue weighted by molar-refractivity contribution is 7.92. The Balaban J connectivity index is 1.62. The lowest BCUT2D eigenvalue weighted by Gasteiger charge is -2.32. The second-order valence-corrected chi connectivity index (χ2v) is 15.0. The largest absolute Gasteiger partial charge is 0.492 e. The van der Waals surface area contributed by atoms with Crippen molar-refractivity contribution >= 4 is 44.4 Å². The number of methoxy groups -OCH3 is 2. The summed E-state index contributed by atoms with van der Waals surface area (Å²) in [5.41, 5.74) is 11.5. The molecule has 0 saturated carbocycles. The highest BCUT2D eigenvalue weighted by Gasteiger charge is 2.26. The van der Waals surface area contributed by atoms with Crippen LogP contribution in [-0.4, -0.2) is 77.4 Å². The molecule has 0 aliphatic carbocycles. The number of nitrogens with zero attached hydrogens (tertiary/aromatic N) is 3. The molecule has 4 rings (SSSR count). The standard InChI is InChI=1S/C36H49N7O5S/c1-9-38-28-13-12-27(24-14-16-43(17-15-24)18-19-47-6)39-32(28)34(37)40-29-20-25(11-10-23(29)2)35(44)41-30-21-26(36(3,4)5)22-31(33(30)48-7)42-49(8,45)46/h9-13,20-22,24,40,42H,1,14-19,37H2,2-8H3,(H,41,44)/b34-32-,38-28-. The molecule has 13 heteroatoms. The molecular formula is C36H49N7O5S. The number of nitrogens with one attached hydrogen (secondary N) is 3. The van der Waals surface area contributed by atoms with Gasteiger partial charge in [0, 0.05) is 42.7 Å². The molecule has 0 atom stereocenters. The molecule has 2 aromatic rings. The number of sulfonamides is 1. The number of nitrogens with two attached hydrogens (primary N) is 1. The number of likely N-dealkylation sites (tertiary alicyclic amines) is 1. The van der Waals surface area contributed by atoms with Crippen LogP contribution in [0.3, 0.4) is 0 Å². The van der Waals surface area contributed by atoms with Crippen molar-refractivity contribution in [2.24, 2.45) is 21.6 Å². The van der Waals surface area contributed by atoms with Gasteiger partial charge in [-0.2, -0.15) is 0 Å². The lowest BCUT2D eigenvalue weighted by atomic mass is 9.86. The minimum Gasteiger partial charge on any atom is -0.492 e. The quantitative estimate of drug-likeness (QED) is 0.230. The highest BCUT2D eigenvalue weighted by Crippen LogP contribution is 2.39. The third-order valence-corrected chi connectivity index (χ3v) is 9.06. The second kappa shape index (κ2) is 15.8. The maximum absolute atomic E-state index is 13.7. The third kappa shape index (κ3) is 9.80. The van der Waals surface area contributed by atoms with Gasteiger partial charge in [-0.1, -0.05) is 33.4 Å². The SMILES string of the molecule is C=C/N=C1/C=CC(C2CCN(CCOC)CC2)=N/C1=C(/N)Nc1cc(C(=O)Nc2cc(C(C)(C)C)cc(NS(C)(=O)=O)c2OC)ccc1C. The van der Waals surface area contributed by atoms with Crippen molar-refractivity contribution < 1.29 is 22.7 Å². The summed E-state index contributed by atoms with van der Waals surface area (Å²) < 4.78 is 37.6. The van der Waals surface area contributed by atoms with E-state index in [1.165, 1.54) is 13.3 Å². The van der Waals surface area contributed by atoms with Crippen LogP contribution in [0, 0.1) is 12.8 Å². The number of hydrogen-bond donors (Lipinski definition) is 4. The van der Waals surface area contributed by atoms with Crippen LogP contribution < -0.4 is 25.8 Å². The number of anilines is 3. The van der Waals surface area contributed by atoms with Crippen molar-refractivity contribution in [1.82, 2.24) is 4.90 Å². The van der Waals surface area contributed by atoms with E-state index in [4.69, 9.17) is 20.2 Å². The average molecular weight is 692 g/mol. The van der Waals surface area contributed by atoms with E-state index in [1.54, 1.807) is 31.4 Å². The first-order valence-corrected chi connectivity index (χ1v) is 18.1. The summed E-state index contributed by atoms with van der Waals surface area (Å²) in [7, 11) is -0.484. The molecule has 1 amide bonds. The number of ether oxygens (including phenoxy) is 2. The molecule has 0 bridgehead atoms. The smallest absolute Gasteiger partial charge is 0.255 e. The molecule has 264 valence electrons. The van der Waals surface area contributed by atoms with Crippen LogP contribution in [0.1, 0.15) is 55.1 Å². The Hall–Kier alpha value is -4.46. The van der Waals surface area contributed by atoms with E-state index in [1.807, 2.05) is 45.9 Å². The minimum atomic E-state index is -3.62. The van der Waals surface area contributed by atoms with Crippen molar-refractivity contribution in [2.45, 2.75) is 46.0 Å². The Morgan fingerprint density at radius 3 is 2.41 bits per heavy atom. The van der Waals surface area contributed by atoms with Crippen molar-refractivity contribution in [3.63, 3.8) is 0 Å². The molecule has 0 radical (unpaired) electrons. The number of carbonyl (C=O) groups excluding carboxylic acids is 1. The maximum atomic E-state index is 13.7. The van der Waals surface area contributed by atoms with Crippen molar-refractivity contribution in [3.8, 4) is 5.75 Å². The summed E-state index contributed by atoms with van der Waals surface area (Å²) >= 11 is 0. The molecule has 49 heavy (non-hydrogen) atoms. The van der Waals surface area contributed by atoms with Crippen LogP contribution in [0.4, 0.5) is 17.1 Å². The van der Waals surface area contributed by atoms with Gasteiger partial charge in [0.2, 0.25) is 10.0 Å². The molecule has 0 spiro atoms. The van der Waals surface area contributed by atoms with E-state index in [-0.39, 0.29) is 22.7 Å². The average Bonchev–Trinajstić information content (AvgIpc) is 3.04. The summed E-state index contributed by atoms with van der Waals surface area (Å²) in [6.07, 6.45) is 8.39. The van der Waals surface area contributed by atoms with Crippen molar-refractivity contribution in [1.29, 1.82) is 0 Å². The van der Waals surface area contributed by atoms with E-state index in [0.717, 1.165) is 55.6 Å². The summed E-state index contributed by atoms with van der Waals surface area (Å²) in [4.78, 5) is 25.5. The van der Waals surface area contributed by atoms with Gasteiger partial charge in [-0.25, -0.2) is 13.4 Å². The number of amides is 1. The molecular weight excluding hydrogens is 643 g/mol.